The van der Waals surface area contributed by atoms with Crippen molar-refractivity contribution >= 4 is 29.7 Å². The van der Waals surface area contributed by atoms with E-state index >= 15 is 0 Å². The van der Waals surface area contributed by atoms with Crippen molar-refractivity contribution in [2.24, 2.45) is 16.7 Å². The molecule has 11 heteroatoms. The Bertz CT molecular complexity index is 1270. The van der Waals surface area contributed by atoms with Crippen LogP contribution in [0.25, 0.3) is 0 Å². The quantitative estimate of drug-likeness (QED) is 0.101. The van der Waals surface area contributed by atoms with Crippen molar-refractivity contribution in [1.82, 2.24) is 16.0 Å². The van der Waals surface area contributed by atoms with Gasteiger partial charge in [-0.25, -0.2) is 9.59 Å². The Morgan fingerprint density at radius 3 is 2.76 bits per heavy atom. The lowest BCUT2D eigenvalue weighted by Crippen LogP contribution is -2.44. The zero-order valence-corrected chi connectivity index (χ0v) is 28.4. The van der Waals surface area contributed by atoms with Crippen LogP contribution in [0.2, 0.25) is 0 Å². The van der Waals surface area contributed by atoms with Gasteiger partial charge in [-0.05, 0) is 68.4 Å². The predicted octanol–water partition coefficient (Wildman–Crippen LogP) is 5.23. The molecular formula is C35H51N3O7S. The largest absolute Gasteiger partial charge is 0.493 e. The number of thioether (sulfide) groups is 1. The number of hydrogen-bond donors (Lipinski definition) is 3. The molecule has 0 spiro atoms. The number of nitrogens with one attached hydrogen (secondary N) is 3. The van der Waals surface area contributed by atoms with Gasteiger partial charge in [-0.3, -0.25) is 4.79 Å². The van der Waals surface area contributed by atoms with Gasteiger partial charge in [0.15, 0.2) is 0 Å². The third kappa shape index (κ3) is 7.72. The lowest BCUT2D eigenvalue weighted by Gasteiger charge is -2.49. The lowest BCUT2D eigenvalue weighted by molar-refractivity contribution is -0.121. The molecule has 5 fully saturated rings. The molecule has 0 bridgehead atoms. The summed E-state index contributed by atoms with van der Waals surface area (Å²) in [5, 5.41) is 9.40. The number of hydrogen-bond acceptors (Lipinski definition) is 8. The highest BCUT2D eigenvalue weighted by Crippen LogP contribution is 2.60. The van der Waals surface area contributed by atoms with E-state index in [4.69, 9.17) is 18.9 Å². The van der Waals surface area contributed by atoms with Crippen LogP contribution in [0.3, 0.4) is 0 Å². The third-order valence-electron chi connectivity index (χ3n) is 11.0. The Labute approximate surface area is 277 Å². The maximum Gasteiger partial charge on any atom is 0.342 e. The van der Waals surface area contributed by atoms with E-state index in [1.54, 1.807) is 18.2 Å². The number of urea groups is 1. The van der Waals surface area contributed by atoms with Crippen LogP contribution in [0.1, 0.15) is 95.3 Å². The molecule has 3 aliphatic heterocycles. The van der Waals surface area contributed by atoms with E-state index in [1.807, 2.05) is 11.8 Å². The third-order valence-corrected chi connectivity index (χ3v) is 12.5. The molecule has 1 unspecified atom stereocenters. The summed E-state index contributed by atoms with van der Waals surface area (Å²) in [5.41, 5.74) is 0.686. The van der Waals surface area contributed by atoms with Crippen LogP contribution in [-0.4, -0.2) is 79.6 Å². The van der Waals surface area contributed by atoms with Crippen molar-refractivity contribution in [3.8, 4) is 11.5 Å². The second kappa shape index (κ2) is 14.2. The van der Waals surface area contributed by atoms with Crippen LogP contribution in [0, 0.1) is 16.7 Å². The Kier molecular flexibility index (Phi) is 10.3. The molecule has 1 aromatic carbocycles. The van der Waals surface area contributed by atoms with Crippen LogP contribution < -0.4 is 25.4 Å². The van der Waals surface area contributed by atoms with Gasteiger partial charge in [-0.15, -0.1) is 0 Å². The molecule has 2 saturated carbocycles. The molecule has 0 aromatic heterocycles. The van der Waals surface area contributed by atoms with E-state index in [2.05, 4.69) is 36.7 Å². The highest BCUT2D eigenvalue weighted by atomic mass is 32.2. The normalized spacial score (nSPS) is 32.1. The molecule has 7 atom stereocenters. The number of fused-ring (bicyclic) bond motifs is 2. The Morgan fingerprint density at radius 2 is 1.93 bits per heavy atom. The van der Waals surface area contributed by atoms with E-state index in [0.717, 1.165) is 44.3 Å². The summed E-state index contributed by atoms with van der Waals surface area (Å²) in [6.45, 7) is 9.03. The predicted molar refractivity (Wildman–Crippen MR) is 176 cm³/mol. The van der Waals surface area contributed by atoms with Crippen molar-refractivity contribution < 1.29 is 33.3 Å². The summed E-state index contributed by atoms with van der Waals surface area (Å²) in [4.78, 5) is 37.4. The Balaban J connectivity index is 0.927. The van der Waals surface area contributed by atoms with Crippen molar-refractivity contribution in [2.75, 3.05) is 32.1 Å². The lowest BCUT2D eigenvalue weighted by atomic mass is 9.57. The van der Waals surface area contributed by atoms with Crippen LogP contribution in [0.4, 0.5) is 4.79 Å². The first-order valence-electron chi connectivity index (χ1n) is 17.3. The zero-order valence-electron chi connectivity index (χ0n) is 27.6. The topological polar surface area (TPSA) is 128 Å². The SMILES string of the molecule is CC1(C)CCC[C@]2(C)[C@@H](OC(=O)c3ccc(OCCCNC(=O)CCCC[C@@H]4SC[C@@H]5NC(=O)N[C@@H]54)cc3OCC3CO3)CC[C@@H]12. The summed E-state index contributed by atoms with van der Waals surface area (Å²) in [6.07, 6.45) is 9.40. The number of amides is 3. The van der Waals surface area contributed by atoms with E-state index in [-0.39, 0.29) is 53.0 Å². The molecule has 3 amide bonds. The first-order chi connectivity index (χ1) is 22.1. The average Bonchev–Trinajstić information content (AvgIpc) is 3.54. The minimum atomic E-state index is -0.343. The van der Waals surface area contributed by atoms with E-state index in [0.29, 0.717) is 67.4 Å². The molecule has 10 nitrogen and oxygen atoms in total. The number of rotatable bonds is 15. The second-order valence-corrected chi connectivity index (χ2v) is 16.0. The minimum absolute atomic E-state index is 0.00485. The van der Waals surface area contributed by atoms with Crippen molar-refractivity contribution in [1.29, 1.82) is 0 Å². The minimum Gasteiger partial charge on any atom is -0.493 e. The first-order valence-corrected chi connectivity index (χ1v) is 18.3. The number of benzene rings is 1. The van der Waals surface area contributed by atoms with E-state index < -0.39 is 0 Å². The van der Waals surface area contributed by atoms with Gasteiger partial charge in [0.25, 0.3) is 0 Å². The Morgan fingerprint density at radius 1 is 1.09 bits per heavy atom. The van der Waals surface area contributed by atoms with Gasteiger partial charge in [-0.1, -0.05) is 33.6 Å². The van der Waals surface area contributed by atoms with E-state index in [1.165, 1.54) is 12.8 Å². The van der Waals surface area contributed by atoms with Crippen LogP contribution >= 0.6 is 11.8 Å². The van der Waals surface area contributed by atoms with Gasteiger partial charge >= 0.3 is 12.0 Å². The zero-order chi connectivity index (χ0) is 32.3. The van der Waals surface area contributed by atoms with Gasteiger partial charge in [0.2, 0.25) is 5.91 Å². The number of unbranched alkanes of at least 4 members (excludes halogenated alkanes) is 1. The van der Waals surface area contributed by atoms with Gasteiger partial charge in [0.05, 0.1) is 25.3 Å². The molecule has 3 N–H and O–H groups in total. The van der Waals surface area contributed by atoms with Gasteiger partial charge in [0, 0.05) is 35.4 Å². The van der Waals surface area contributed by atoms with Gasteiger partial charge < -0.3 is 34.9 Å². The van der Waals surface area contributed by atoms with Crippen molar-refractivity contribution in [3.63, 3.8) is 0 Å². The van der Waals surface area contributed by atoms with E-state index in [9.17, 15) is 14.4 Å². The summed E-state index contributed by atoms with van der Waals surface area (Å²) in [6, 6.07) is 5.68. The molecule has 2 aliphatic carbocycles. The number of epoxide rings is 1. The van der Waals surface area contributed by atoms with Crippen LogP contribution in [-0.2, 0) is 14.3 Å². The van der Waals surface area contributed by atoms with Crippen molar-refractivity contribution in [2.45, 2.75) is 115 Å². The number of carbonyl (C=O) groups excluding carboxylic acids is 3. The Hall–Kier alpha value is -2.66. The standard InChI is InChI=1S/C35H51N3O7S/c1-34(2)14-6-15-35(3)28(34)12-13-29(35)45-32(40)24-11-10-22(18-26(24)44-20-23-19-43-23)42-17-7-16-36-30(39)9-5-4-8-27-31-25(21-46-27)37-33(41)38-31/h10-11,18,23,25,27-29,31H,4-9,12-17,19-21H2,1-3H3,(H,36,39)(H2,37,38,41)/t23?,25-,27-,28-,29-,31-,35-/m0/s1. The summed E-state index contributed by atoms with van der Waals surface area (Å²) in [5.74, 6) is 2.28. The molecular weight excluding hydrogens is 606 g/mol. The molecule has 5 aliphatic rings. The molecule has 6 rings (SSSR count). The molecule has 254 valence electrons. The molecule has 3 saturated heterocycles. The fourth-order valence-electron chi connectivity index (χ4n) is 8.39. The summed E-state index contributed by atoms with van der Waals surface area (Å²) >= 11 is 1.90. The maximum absolute atomic E-state index is 13.5. The van der Waals surface area contributed by atoms with Crippen LogP contribution in [0.15, 0.2) is 18.2 Å². The first kappa shape index (κ1) is 33.2. The average molecular weight is 658 g/mol. The van der Waals surface area contributed by atoms with Crippen molar-refractivity contribution in [3.05, 3.63) is 23.8 Å². The van der Waals surface area contributed by atoms with Gasteiger partial charge in [-0.2, -0.15) is 11.8 Å². The number of carbonyl (C=O) groups is 3. The number of esters is 1. The molecule has 0 radical (unpaired) electrons. The highest BCUT2D eigenvalue weighted by molar-refractivity contribution is 8.00. The fraction of sp³-hybridized carbons (Fsp3) is 0.743. The molecule has 46 heavy (non-hydrogen) atoms. The molecule has 3 heterocycles. The van der Waals surface area contributed by atoms with Crippen LogP contribution in [0.5, 0.6) is 11.5 Å². The monoisotopic (exact) mass is 657 g/mol. The summed E-state index contributed by atoms with van der Waals surface area (Å²) < 4.78 is 23.6. The smallest absolute Gasteiger partial charge is 0.342 e. The number of ether oxygens (including phenoxy) is 4. The second-order valence-electron chi connectivity index (χ2n) is 14.7. The summed E-state index contributed by atoms with van der Waals surface area (Å²) in [7, 11) is 0. The van der Waals surface area contributed by atoms with Gasteiger partial charge in [0.1, 0.15) is 35.9 Å². The highest BCUT2D eigenvalue weighted by Gasteiger charge is 2.55. The maximum atomic E-state index is 13.5. The fourth-order valence-corrected chi connectivity index (χ4v) is 9.93. The molecule has 1 aromatic rings.